The highest BCUT2D eigenvalue weighted by molar-refractivity contribution is 4.79. The van der Waals surface area contributed by atoms with E-state index in [1.54, 1.807) is 7.11 Å². The van der Waals surface area contributed by atoms with Gasteiger partial charge in [-0.05, 0) is 38.1 Å². The van der Waals surface area contributed by atoms with E-state index in [-0.39, 0.29) is 0 Å². The minimum absolute atomic E-state index is 0.794. The van der Waals surface area contributed by atoms with Gasteiger partial charge in [0.25, 0.3) is 0 Å². The van der Waals surface area contributed by atoms with Gasteiger partial charge in [0, 0.05) is 19.8 Å². The van der Waals surface area contributed by atoms with Gasteiger partial charge < -0.3 is 10.1 Å². The van der Waals surface area contributed by atoms with Crippen LogP contribution in [0.25, 0.3) is 0 Å². The summed E-state index contributed by atoms with van der Waals surface area (Å²) in [6, 6.07) is 0.794. The number of methoxy groups -OCH3 is 1. The lowest BCUT2D eigenvalue weighted by Gasteiger charge is -2.16. The van der Waals surface area contributed by atoms with Gasteiger partial charge in [0.15, 0.2) is 0 Å². The molecule has 0 amide bonds. The highest BCUT2D eigenvalue weighted by Gasteiger charge is 2.21. The summed E-state index contributed by atoms with van der Waals surface area (Å²) in [5.74, 6) is 0.891. The molecule has 1 aliphatic carbocycles. The smallest absolute Gasteiger partial charge is 0.0462 e. The molecule has 1 saturated carbocycles. The van der Waals surface area contributed by atoms with E-state index in [0.717, 1.165) is 18.6 Å². The maximum Gasteiger partial charge on any atom is 0.0462 e. The largest absolute Gasteiger partial charge is 0.385 e. The van der Waals surface area contributed by atoms with Crippen LogP contribution >= 0.6 is 0 Å². The van der Waals surface area contributed by atoms with E-state index in [4.69, 9.17) is 4.74 Å². The third kappa shape index (κ3) is 4.10. The van der Waals surface area contributed by atoms with Gasteiger partial charge >= 0.3 is 0 Å². The molecule has 0 aromatic carbocycles. The molecule has 2 atom stereocenters. The molecule has 13 heavy (non-hydrogen) atoms. The Morgan fingerprint density at radius 3 is 2.77 bits per heavy atom. The van der Waals surface area contributed by atoms with Crippen molar-refractivity contribution in [1.82, 2.24) is 5.32 Å². The van der Waals surface area contributed by atoms with Crippen LogP contribution in [0.4, 0.5) is 0 Å². The van der Waals surface area contributed by atoms with E-state index >= 15 is 0 Å². The third-order valence-corrected chi connectivity index (χ3v) is 3.04. The van der Waals surface area contributed by atoms with Gasteiger partial charge in [-0.3, -0.25) is 0 Å². The molecule has 1 fully saturated rings. The Hall–Kier alpha value is -0.0800. The van der Waals surface area contributed by atoms with Gasteiger partial charge in [-0.25, -0.2) is 0 Å². The van der Waals surface area contributed by atoms with Crippen molar-refractivity contribution in [2.75, 3.05) is 20.3 Å². The highest BCUT2D eigenvalue weighted by atomic mass is 16.5. The molecular weight excluding hydrogens is 162 g/mol. The van der Waals surface area contributed by atoms with E-state index in [9.17, 15) is 0 Å². The Kier molecular flexibility index (Phi) is 5.40. The van der Waals surface area contributed by atoms with E-state index in [1.165, 1.54) is 38.6 Å². The summed E-state index contributed by atoms with van der Waals surface area (Å²) in [5.41, 5.74) is 0. The molecule has 0 bridgehead atoms. The minimum atomic E-state index is 0.794. The topological polar surface area (TPSA) is 21.3 Å². The fourth-order valence-corrected chi connectivity index (χ4v) is 2.11. The molecule has 0 saturated heterocycles. The number of rotatable bonds is 6. The summed E-state index contributed by atoms with van der Waals surface area (Å²) in [6.45, 7) is 4.43. The van der Waals surface area contributed by atoms with Crippen LogP contribution in [0.15, 0.2) is 0 Å². The molecule has 1 N–H and O–H groups in total. The second-order valence-corrected chi connectivity index (χ2v) is 4.17. The first-order chi connectivity index (χ1) is 6.34. The van der Waals surface area contributed by atoms with Gasteiger partial charge in [0.05, 0.1) is 0 Å². The van der Waals surface area contributed by atoms with Crippen LogP contribution < -0.4 is 5.32 Å². The summed E-state index contributed by atoms with van der Waals surface area (Å²) >= 11 is 0. The Morgan fingerprint density at radius 2 is 2.15 bits per heavy atom. The zero-order valence-corrected chi connectivity index (χ0v) is 9.01. The van der Waals surface area contributed by atoms with Gasteiger partial charge in [-0.15, -0.1) is 0 Å². The molecule has 2 nitrogen and oxygen atoms in total. The van der Waals surface area contributed by atoms with Gasteiger partial charge in [0.2, 0.25) is 0 Å². The zero-order chi connectivity index (χ0) is 9.52. The number of hydrogen-bond donors (Lipinski definition) is 1. The van der Waals surface area contributed by atoms with E-state index in [2.05, 4.69) is 12.2 Å². The summed E-state index contributed by atoms with van der Waals surface area (Å²) < 4.78 is 5.01. The number of hydrogen-bond acceptors (Lipinski definition) is 2. The second kappa shape index (κ2) is 6.39. The van der Waals surface area contributed by atoms with Gasteiger partial charge in [-0.2, -0.15) is 0 Å². The first-order valence-electron chi connectivity index (χ1n) is 5.57. The molecule has 2 heteroatoms. The first kappa shape index (κ1) is 11.0. The quantitative estimate of drug-likeness (QED) is 0.640. The normalized spacial score (nSPS) is 28.2. The fraction of sp³-hybridized carbons (Fsp3) is 1.00. The third-order valence-electron chi connectivity index (χ3n) is 3.04. The standard InChI is InChI=1S/C11H23NO/c1-10-6-5-7-11(10)12-8-3-4-9-13-2/h10-12H,3-9H2,1-2H3/t10-,11+/m1/s1. The lowest BCUT2D eigenvalue weighted by atomic mass is 10.1. The van der Waals surface area contributed by atoms with Crippen molar-refractivity contribution >= 4 is 0 Å². The molecule has 1 rings (SSSR count). The van der Waals surface area contributed by atoms with Crippen molar-refractivity contribution in [3.63, 3.8) is 0 Å². The van der Waals surface area contributed by atoms with Crippen LogP contribution in [-0.2, 0) is 4.74 Å². The second-order valence-electron chi connectivity index (χ2n) is 4.17. The number of unbranched alkanes of at least 4 members (excludes halogenated alkanes) is 1. The van der Waals surface area contributed by atoms with E-state index in [1.807, 2.05) is 0 Å². The molecule has 0 aliphatic heterocycles. The Balaban J connectivity index is 1.93. The maximum absolute atomic E-state index is 5.01. The summed E-state index contributed by atoms with van der Waals surface area (Å²) in [5, 5.41) is 3.63. The van der Waals surface area contributed by atoms with Crippen LogP contribution in [0.2, 0.25) is 0 Å². The predicted molar refractivity (Wildman–Crippen MR) is 55.9 cm³/mol. The minimum Gasteiger partial charge on any atom is -0.385 e. The Bertz CT molecular complexity index is 127. The lowest BCUT2D eigenvalue weighted by Crippen LogP contribution is -2.31. The van der Waals surface area contributed by atoms with Gasteiger partial charge in [0.1, 0.15) is 0 Å². The summed E-state index contributed by atoms with van der Waals surface area (Å²) in [4.78, 5) is 0. The van der Waals surface area contributed by atoms with Crippen molar-refractivity contribution in [3.8, 4) is 0 Å². The van der Waals surface area contributed by atoms with Crippen LogP contribution in [0.5, 0.6) is 0 Å². The Labute approximate surface area is 82.0 Å². The molecule has 0 heterocycles. The highest BCUT2D eigenvalue weighted by Crippen LogP contribution is 2.24. The monoisotopic (exact) mass is 185 g/mol. The van der Waals surface area contributed by atoms with Crippen molar-refractivity contribution in [2.45, 2.75) is 45.1 Å². The molecule has 0 unspecified atom stereocenters. The lowest BCUT2D eigenvalue weighted by molar-refractivity contribution is 0.192. The molecular formula is C11H23NO. The molecule has 0 aromatic heterocycles. The SMILES string of the molecule is COCCCCN[C@H]1CCC[C@H]1C. The molecule has 0 spiro atoms. The number of ether oxygens (including phenoxy) is 1. The fourth-order valence-electron chi connectivity index (χ4n) is 2.11. The first-order valence-corrected chi connectivity index (χ1v) is 5.57. The average Bonchev–Trinajstić information content (AvgIpc) is 2.52. The summed E-state index contributed by atoms with van der Waals surface area (Å²) in [7, 11) is 1.77. The van der Waals surface area contributed by atoms with E-state index in [0.29, 0.717) is 0 Å². The van der Waals surface area contributed by atoms with Crippen molar-refractivity contribution in [3.05, 3.63) is 0 Å². The molecule has 0 radical (unpaired) electrons. The average molecular weight is 185 g/mol. The van der Waals surface area contributed by atoms with Gasteiger partial charge in [-0.1, -0.05) is 13.3 Å². The van der Waals surface area contributed by atoms with E-state index < -0.39 is 0 Å². The van der Waals surface area contributed by atoms with Crippen molar-refractivity contribution < 1.29 is 4.74 Å². The van der Waals surface area contributed by atoms with Crippen LogP contribution in [-0.4, -0.2) is 26.3 Å². The number of nitrogens with one attached hydrogen (secondary N) is 1. The zero-order valence-electron chi connectivity index (χ0n) is 9.01. The molecule has 78 valence electrons. The predicted octanol–water partition coefficient (Wildman–Crippen LogP) is 2.19. The van der Waals surface area contributed by atoms with Crippen molar-refractivity contribution in [1.29, 1.82) is 0 Å². The van der Waals surface area contributed by atoms with Crippen LogP contribution in [0, 0.1) is 5.92 Å². The summed E-state index contributed by atoms with van der Waals surface area (Å²) in [6.07, 6.45) is 6.64. The van der Waals surface area contributed by atoms with Crippen LogP contribution in [0.1, 0.15) is 39.0 Å². The maximum atomic E-state index is 5.01. The Morgan fingerprint density at radius 1 is 1.31 bits per heavy atom. The molecule has 0 aromatic rings. The van der Waals surface area contributed by atoms with Crippen LogP contribution in [0.3, 0.4) is 0 Å². The molecule has 1 aliphatic rings. The van der Waals surface area contributed by atoms with Crippen molar-refractivity contribution in [2.24, 2.45) is 5.92 Å².